The molecule has 4 nitrogen and oxygen atoms in total. The number of hydrogen-bond acceptors (Lipinski definition) is 3. The van der Waals surface area contributed by atoms with Crippen molar-refractivity contribution in [2.24, 2.45) is 0 Å². The third-order valence-corrected chi connectivity index (χ3v) is 5.04. The summed E-state index contributed by atoms with van der Waals surface area (Å²) in [5.74, 6) is 1.43. The van der Waals surface area contributed by atoms with E-state index in [2.05, 4.69) is 0 Å². The number of carbonyl (C=O) groups excluding carboxylic acids is 1. The predicted molar refractivity (Wildman–Crippen MR) is 66.3 cm³/mol. The molecule has 6 heteroatoms. The second-order valence-corrected chi connectivity index (χ2v) is 7.02. The van der Waals surface area contributed by atoms with E-state index in [0.717, 1.165) is 12.8 Å². The summed E-state index contributed by atoms with van der Waals surface area (Å²) in [5, 5.41) is 0. The fourth-order valence-corrected chi connectivity index (χ4v) is 3.88. The largest absolute Gasteiger partial charge is 0.342 e. The Morgan fingerprint density at radius 1 is 1.56 bits per heavy atom. The highest BCUT2D eigenvalue weighted by molar-refractivity contribution is 7.92. The summed E-state index contributed by atoms with van der Waals surface area (Å²) in [6.07, 6.45) is 2.84. The highest BCUT2D eigenvalue weighted by atomic mass is 35.5. The zero-order valence-corrected chi connectivity index (χ0v) is 11.1. The molecule has 0 bridgehead atoms. The van der Waals surface area contributed by atoms with Gasteiger partial charge in [-0.2, -0.15) is 0 Å². The van der Waals surface area contributed by atoms with Crippen molar-refractivity contribution in [3.8, 4) is 0 Å². The van der Waals surface area contributed by atoms with E-state index < -0.39 is 9.73 Å². The second-order valence-electron chi connectivity index (χ2n) is 4.28. The summed E-state index contributed by atoms with van der Waals surface area (Å²) in [6.45, 7) is 0. The van der Waals surface area contributed by atoms with Crippen LogP contribution in [0.3, 0.4) is 0 Å². The van der Waals surface area contributed by atoms with Gasteiger partial charge >= 0.3 is 0 Å². The Balaban J connectivity index is 2.40. The van der Waals surface area contributed by atoms with E-state index in [4.69, 9.17) is 16.4 Å². The molecule has 1 amide bonds. The van der Waals surface area contributed by atoms with Crippen molar-refractivity contribution in [1.82, 2.24) is 4.90 Å². The van der Waals surface area contributed by atoms with Gasteiger partial charge in [0.15, 0.2) is 0 Å². The topological polar surface area (TPSA) is 61.2 Å². The quantitative estimate of drug-likeness (QED) is 0.608. The Hall–Kier alpha value is -0.290. The van der Waals surface area contributed by atoms with Crippen LogP contribution in [-0.4, -0.2) is 45.5 Å². The van der Waals surface area contributed by atoms with Gasteiger partial charge in [-0.1, -0.05) is 0 Å². The molecule has 1 rings (SSSR count). The SMILES string of the molecule is CN(C(=O)CCCCCl)C1CCS(=N)(=O)C1. The summed E-state index contributed by atoms with van der Waals surface area (Å²) in [4.78, 5) is 13.4. The summed E-state index contributed by atoms with van der Waals surface area (Å²) >= 11 is 5.54. The zero-order valence-electron chi connectivity index (χ0n) is 9.58. The number of hydrogen-bond donors (Lipinski definition) is 1. The molecule has 1 aliphatic heterocycles. The molecular formula is C10H19ClN2O2S. The van der Waals surface area contributed by atoms with Crippen LogP contribution in [0.2, 0.25) is 0 Å². The van der Waals surface area contributed by atoms with Crippen LogP contribution in [0.25, 0.3) is 0 Å². The molecular weight excluding hydrogens is 248 g/mol. The maximum absolute atomic E-state index is 11.7. The Bertz CT molecular complexity index is 343. The van der Waals surface area contributed by atoms with Gasteiger partial charge in [0.25, 0.3) is 0 Å². The number of unbranched alkanes of at least 4 members (excludes halogenated alkanes) is 1. The maximum atomic E-state index is 11.7. The summed E-state index contributed by atoms with van der Waals surface area (Å²) < 4.78 is 19.0. The fourth-order valence-electron chi connectivity index (χ4n) is 1.86. The van der Waals surface area contributed by atoms with Crippen molar-refractivity contribution in [2.75, 3.05) is 24.4 Å². The molecule has 1 heterocycles. The standard InChI is InChI=1S/C10H19ClN2O2S/c1-13(10(14)4-2-3-6-11)9-5-7-16(12,15)8-9/h9,12H,2-8H2,1H3. The van der Waals surface area contributed by atoms with Crippen LogP contribution >= 0.6 is 11.6 Å². The molecule has 1 N–H and O–H groups in total. The lowest BCUT2D eigenvalue weighted by Crippen LogP contribution is -2.37. The van der Waals surface area contributed by atoms with Crippen LogP contribution in [0.4, 0.5) is 0 Å². The first kappa shape index (κ1) is 13.8. The smallest absolute Gasteiger partial charge is 0.222 e. The van der Waals surface area contributed by atoms with Gasteiger partial charge in [0.05, 0.1) is 5.75 Å². The highest BCUT2D eigenvalue weighted by Crippen LogP contribution is 2.18. The summed E-state index contributed by atoms with van der Waals surface area (Å²) in [6, 6.07) is -0.00602. The Morgan fingerprint density at radius 2 is 2.25 bits per heavy atom. The maximum Gasteiger partial charge on any atom is 0.222 e. The molecule has 94 valence electrons. The molecule has 1 saturated heterocycles. The first-order valence-corrected chi connectivity index (χ1v) is 7.95. The number of nitrogens with one attached hydrogen (secondary N) is 1. The van der Waals surface area contributed by atoms with Gasteiger partial charge in [0, 0.05) is 40.9 Å². The lowest BCUT2D eigenvalue weighted by molar-refractivity contribution is -0.131. The van der Waals surface area contributed by atoms with E-state index in [1.807, 2.05) is 0 Å². The molecule has 0 aromatic heterocycles. The van der Waals surface area contributed by atoms with Crippen LogP contribution in [0.15, 0.2) is 0 Å². The third kappa shape index (κ3) is 3.94. The molecule has 0 radical (unpaired) electrons. The molecule has 1 fully saturated rings. The van der Waals surface area contributed by atoms with Crippen LogP contribution in [0, 0.1) is 4.78 Å². The van der Waals surface area contributed by atoms with Crippen LogP contribution in [0.5, 0.6) is 0 Å². The van der Waals surface area contributed by atoms with Crippen LogP contribution in [0.1, 0.15) is 25.7 Å². The minimum atomic E-state index is -2.41. The van der Waals surface area contributed by atoms with E-state index in [9.17, 15) is 9.00 Å². The zero-order chi connectivity index (χ0) is 12.2. The molecule has 2 atom stereocenters. The van der Waals surface area contributed by atoms with Crippen molar-refractivity contribution >= 4 is 27.2 Å². The average Bonchev–Trinajstić information content (AvgIpc) is 2.58. The van der Waals surface area contributed by atoms with E-state index in [-0.39, 0.29) is 11.9 Å². The average molecular weight is 267 g/mol. The second kappa shape index (κ2) is 5.87. The van der Waals surface area contributed by atoms with Gasteiger partial charge in [-0.05, 0) is 19.3 Å². The van der Waals surface area contributed by atoms with Crippen molar-refractivity contribution < 1.29 is 9.00 Å². The van der Waals surface area contributed by atoms with Gasteiger partial charge < -0.3 is 4.90 Å². The summed E-state index contributed by atoms with van der Waals surface area (Å²) in [7, 11) is -0.670. The van der Waals surface area contributed by atoms with Crippen molar-refractivity contribution in [1.29, 1.82) is 4.78 Å². The number of halogens is 1. The summed E-state index contributed by atoms with van der Waals surface area (Å²) in [5.41, 5.74) is 0. The Labute approximate surface area is 102 Å². The molecule has 0 spiro atoms. The first-order chi connectivity index (χ1) is 7.46. The molecule has 0 aromatic carbocycles. The van der Waals surface area contributed by atoms with E-state index >= 15 is 0 Å². The van der Waals surface area contributed by atoms with Gasteiger partial charge in [0.1, 0.15) is 0 Å². The molecule has 0 aliphatic carbocycles. The van der Waals surface area contributed by atoms with Crippen molar-refractivity contribution in [3.05, 3.63) is 0 Å². The fraction of sp³-hybridized carbons (Fsp3) is 0.900. The van der Waals surface area contributed by atoms with Crippen LogP contribution in [-0.2, 0) is 14.5 Å². The monoisotopic (exact) mass is 266 g/mol. The predicted octanol–water partition coefficient (Wildman–Crippen LogP) is 1.67. The number of rotatable bonds is 5. The number of nitrogens with zero attached hydrogens (tertiary/aromatic N) is 1. The molecule has 1 aliphatic rings. The van der Waals surface area contributed by atoms with E-state index in [0.29, 0.717) is 30.2 Å². The number of alkyl halides is 1. The van der Waals surface area contributed by atoms with Crippen LogP contribution < -0.4 is 0 Å². The molecule has 0 saturated carbocycles. The van der Waals surface area contributed by atoms with Gasteiger partial charge in [0.2, 0.25) is 5.91 Å². The van der Waals surface area contributed by atoms with Crippen molar-refractivity contribution in [3.63, 3.8) is 0 Å². The van der Waals surface area contributed by atoms with E-state index in [1.165, 1.54) is 0 Å². The number of carbonyl (C=O) groups is 1. The van der Waals surface area contributed by atoms with Gasteiger partial charge in [-0.25, -0.2) is 4.21 Å². The van der Waals surface area contributed by atoms with Gasteiger partial charge in [-0.3, -0.25) is 9.57 Å². The molecule has 16 heavy (non-hydrogen) atoms. The lowest BCUT2D eigenvalue weighted by Gasteiger charge is -2.23. The van der Waals surface area contributed by atoms with Gasteiger partial charge in [-0.15, -0.1) is 11.6 Å². The Morgan fingerprint density at radius 3 is 2.75 bits per heavy atom. The minimum Gasteiger partial charge on any atom is -0.342 e. The van der Waals surface area contributed by atoms with Crippen molar-refractivity contribution in [2.45, 2.75) is 31.7 Å². The molecule has 0 aromatic rings. The normalized spacial score (nSPS) is 29.2. The minimum absolute atomic E-state index is 0.00602. The number of amides is 1. The molecule has 2 unspecified atom stereocenters. The third-order valence-electron chi connectivity index (χ3n) is 2.96. The highest BCUT2D eigenvalue weighted by Gasteiger charge is 2.30. The Kier molecular flexibility index (Phi) is 5.05. The van der Waals surface area contributed by atoms with E-state index in [1.54, 1.807) is 11.9 Å². The first-order valence-electron chi connectivity index (χ1n) is 5.52. The lowest BCUT2D eigenvalue weighted by atomic mass is 10.2.